The van der Waals surface area contributed by atoms with E-state index < -0.39 is 0 Å². The Morgan fingerprint density at radius 1 is 1.16 bits per heavy atom. The fraction of sp³-hybridized carbons (Fsp3) is 0.389. The molecule has 7 heteroatoms. The van der Waals surface area contributed by atoms with Gasteiger partial charge in [0.25, 0.3) is 0 Å². The molecular weight excluding hydrogens is 316 g/mol. The number of nitrogens with one attached hydrogen (secondary N) is 1. The van der Waals surface area contributed by atoms with Gasteiger partial charge in [-0.05, 0) is 18.6 Å². The molecule has 1 aliphatic rings. The molecule has 0 saturated carbocycles. The van der Waals surface area contributed by atoms with E-state index in [-0.39, 0.29) is 0 Å². The average molecular weight is 338 g/mol. The van der Waals surface area contributed by atoms with E-state index in [9.17, 15) is 0 Å². The van der Waals surface area contributed by atoms with E-state index in [0.717, 1.165) is 66.3 Å². The molecule has 3 heterocycles. The number of benzene rings is 1. The van der Waals surface area contributed by atoms with Crippen LogP contribution in [0, 0.1) is 0 Å². The zero-order valence-electron chi connectivity index (χ0n) is 14.6. The van der Waals surface area contributed by atoms with Crippen LogP contribution in [-0.2, 0) is 6.42 Å². The van der Waals surface area contributed by atoms with Crippen molar-refractivity contribution in [2.75, 3.05) is 38.3 Å². The van der Waals surface area contributed by atoms with Crippen LogP contribution in [0.2, 0.25) is 0 Å². The molecule has 3 aromatic rings. The van der Waals surface area contributed by atoms with E-state index in [1.807, 2.05) is 29.1 Å². The number of methoxy groups -OCH3 is 1. The van der Waals surface area contributed by atoms with Gasteiger partial charge in [-0.1, -0.05) is 19.1 Å². The van der Waals surface area contributed by atoms with Crippen LogP contribution >= 0.6 is 0 Å². The van der Waals surface area contributed by atoms with Crippen molar-refractivity contribution in [3.05, 3.63) is 36.3 Å². The van der Waals surface area contributed by atoms with E-state index in [4.69, 9.17) is 9.84 Å². The van der Waals surface area contributed by atoms with E-state index in [2.05, 4.69) is 27.2 Å². The smallest absolute Gasteiger partial charge is 0.184 e. The normalized spacial score (nSPS) is 14.9. The molecule has 1 saturated heterocycles. The summed E-state index contributed by atoms with van der Waals surface area (Å²) in [6.45, 7) is 5.84. The summed E-state index contributed by atoms with van der Waals surface area (Å²) in [5, 5.41) is 11.5. The number of aromatic nitrogens is 4. The quantitative estimate of drug-likeness (QED) is 0.779. The Morgan fingerprint density at radius 2 is 1.96 bits per heavy atom. The zero-order chi connectivity index (χ0) is 17.2. The van der Waals surface area contributed by atoms with Crippen LogP contribution in [0.3, 0.4) is 0 Å². The van der Waals surface area contributed by atoms with Gasteiger partial charge >= 0.3 is 0 Å². The molecule has 0 unspecified atom stereocenters. The first-order chi connectivity index (χ1) is 12.3. The van der Waals surface area contributed by atoms with E-state index >= 15 is 0 Å². The van der Waals surface area contributed by atoms with Crippen molar-refractivity contribution in [3.8, 4) is 17.0 Å². The van der Waals surface area contributed by atoms with Crippen molar-refractivity contribution >= 4 is 11.0 Å². The van der Waals surface area contributed by atoms with Crippen molar-refractivity contribution in [1.82, 2.24) is 25.2 Å². The van der Waals surface area contributed by atoms with Gasteiger partial charge in [0.05, 0.1) is 23.9 Å². The van der Waals surface area contributed by atoms with Crippen molar-refractivity contribution < 1.29 is 4.74 Å². The fourth-order valence-corrected chi connectivity index (χ4v) is 3.34. The molecule has 0 bridgehead atoms. The maximum Gasteiger partial charge on any atom is 0.184 e. The van der Waals surface area contributed by atoms with Crippen LogP contribution < -0.4 is 15.1 Å². The Morgan fingerprint density at radius 3 is 2.72 bits per heavy atom. The van der Waals surface area contributed by atoms with Crippen molar-refractivity contribution in [3.63, 3.8) is 0 Å². The minimum Gasteiger partial charge on any atom is -0.496 e. The number of piperazine rings is 1. The highest BCUT2D eigenvalue weighted by Crippen LogP contribution is 2.34. The van der Waals surface area contributed by atoms with Gasteiger partial charge in [-0.3, -0.25) is 5.01 Å². The van der Waals surface area contributed by atoms with Crippen LogP contribution in [0.1, 0.15) is 12.6 Å². The fourth-order valence-electron chi connectivity index (χ4n) is 3.34. The molecule has 4 rings (SSSR count). The minimum atomic E-state index is 0.805. The number of hydrogen-bond acceptors (Lipinski definition) is 6. The molecule has 0 atom stereocenters. The monoisotopic (exact) mass is 338 g/mol. The Hall–Kier alpha value is -2.67. The largest absolute Gasteiger partial charge is 0.496 e. The number of nitrogens with zero attached hydrogens (tertiary/aromatic N) is 5. The lowest BCUT2D eigenvalue weighted by Crippen LogP contribution is -2.49. The summed E-state index contributed by atoms with van der Waals surface area (Å²) in [4.78, 5) is 11.1. The summed E-state index contributed by atoms with van der Waals surface area (Å²) in [7, 11) is 1.68. The first-order valence-electron chi connectivity index (χ1n) is 8.65. The van der Waals surface area contributed by atoms with Gasteiger partial charge in [-0.25, -0.2) is 9.97 Å². The summed E-state index contributed by atoms with van der Waals surface area (Å²) < 4.78 is 5.54. The van der Waals surface area contributed by atoms with Gasteiger partial charge in [-0.15, -0.1) is 0 Å². The summed E-state index contributed by atoms with van der Waals surface area (Å²) >= 11 is 0. The van der Waals surface area contributed by atoms with Gasteiger partial charge in [0.15, 0.2) is 5.65 Å². The first-order valence-corrected chi connectivity index (χ1v) is 8.65. The molecule has 1 N–H and O–H groups in total. The Balaban J connectivity index is 1.93. The van der Waals surface area contributed by atoms with Crippen LogP contribution in [-0.4, -0.2) is 53.1 Å². The lowest BCUT2D eigenvalue weighted by atomic mass is 10.1. The third-order valence-electron chi connectivity index (χ3n) is 4.58. The molecule has 0 aliphatic carbocycles. The molecule has 7 nitrogen and oxygen atoms in total. The summed E-state index contributed by atoms with van der Waals surface area (Å²) in [5.74, 6) is 0.805. The molecule has 1 aromatic carbocycles. The molecule has 1 aliphatic heterocycles. The summed E-state index contributed by atoms with van der Waals surface area (Å²) in [6, 6.07) is 7.95. The average Bonchev–Trinajstić information content (AvgIpc) is 3.07. The molecule has 0 spiro atoms. The van der Waals surface area contributed by atoms with Gasteiger partial charge in [-0.2, -0.15) is 9.89 Å². The van der Waals surface area contributed by atoms with E-state index in [1.165, 1.54) is 0 Å². The lowest BCUT2D eigenvalue weighted by Gasteiger charge is -2.29. The lowest BCUT2D eigenvalue weighted by molar-refractivity contribution is 0.416. The Labute approximate surface area is 146 Å². The topological polar surface area (TPSA) is 68.1 Å². The predicted molar refractivity (Wildman–Crippen MR) is 97.5 cm³/mol. The molecule has 2 aromatic heterocycles. The third-order valence-corrected chi connectivity index (χ3v) is 4.58. The number of fused-ring (bicyclic) bond motifs is 1. The first kappa shape index (κ1) is 15.8. The van der Waals surface area contributed by atoms with Crippen LogP contribution in [0.15, 0.2) is 30.6 Å². The molecular formula is C18H22N6O. The van der Waals surface area contributed by atoms with Gasteiger partial charge in [0.2, 0.25) is 0 Å². The van der Waals surface area contributed by atoms with Crippen LogP contribution in [0.4, 0.5) is 0 Å². The second kappa shape index (κ2) is 6.68. The van der Waals surface area contributed by atoms with Gasteiger partial charge < -0.3 is 10.1 Å². The van der Waals surface area contributed by atoms with Gasteiger partial charge in [0.1, 0.15) is 12.1 Å². The zero-order valence-corrected chi connectivity index (χ0v) is 14.6. The molecule has 0 radical (unpaired) electrons. The highest BCUT2D eigenvalue weighted by Gasteiger charge is 2.22. The highest BCUT2D eigenvalue weighted by molar-refractivity contribution is 5.94. The van der Waals surface area contributed by atoms with E-state index in [1.54, 1.807) is 13.4 Å². The summed E-state index contributed by atoms with van der Waals surface area (Å²) in [6.07, 6.45) is 2.44. The van der Waals surface area contributed by atoms with Crippen LogP contribution in [0.5, 0.6) is 5.75 Å². The third kappa shape index (κ3) is 2.70. The standard InChI is InChI=1S/C18H22N6O/c1-3-14-16-17(13-6-4-5-7-15(13)25-2)20-12-21-18(16)24(22-14)23-10-8-19-9-11-23/h4-7,12,19H,3,8-11H2,1-2H3. The minimum absolute atomic E-state index is 0.805. The highest BCUT2D eigenvalue weighted by atomic mass is 16.5. The SMILES string of the molecule is CCc1nn(N2CCNCC2)c2ncnc(-c3ccccc3OC)c12. The number of aryl methyl sites for hydroxylation is 1. The number of rotatable bonds is 4. The number of para-hydroxylation sites is 1. The maximum absolute atomic E-state index is 5.54. The maximum atomic E-state index is 5.54. The predicted octanol–water partition coefficient (Wildman–Crippen LogP) is 1.61. The Kier molecular flexibility index (Phi) is 4.23. The number of ether oxygens (including phenoxy) is 1. The molecule has 130 valence electrons. The Bertz CT molecular complexity index is 884. The molecule has 25 heavy (non-hydrogen) atoms. The second-order valence-corrected chi connectivity index (χ2v) is 6.01. The van der Waals surface area contributed by atoms with Crippen molar-refractivity contribution in [1.29, 1.82) is 0 Å². The van der Waals surface area contributed by atoms with Crippen LogP contribution in [0.25, 0.3) is 22.3 Å². The summed E-state index contributed by atoms with van der Waals surface area (Å²) in [5.41, 5.74) is 3.71. The number of hydrogen-bond donors (Lipinski definition) is 1. The second-order valence-electron chi connectivity index (χ2n) is 6.01. The molecule has 0 amide bonds. The van der Waals surface area contributed by atoms with Crippen molar-refractivity contribution in [2.45, 2.75) is 13.3 Å². The van der Waals surface area contributed by atoms with Gasteiger partial charge in [0, 0.05) is 31.7 Å². The van der Waals surface area contributed by atoms with E-state index in [0.29, 0.717) is 0 Å². The van der Waals surface area contributed by atoms with Crippen molar-refractivity contribution in [2.24, 2.45) is 0 Å². The molecule has 1 fully saturated rings.